The molecule has 0 bridgehead atoms. The smallest absolute Gasteiger partial charge is 0.336 e. The molecule has 0 atom stereocenters. The van der Waals surface area contributed by atoms with E-state index >= 15 is 0 Å². The number of benzene rings is 2. The van der Waals surface area contributed by atoms with Gasteiger partial charge in [0.15, 0.2) is 5.78 Å². The predicted molar refractivity (Wildman–Crippen MR) is 97.2 cm³/mol. The number of carbonyl (C=O) groups is 2. The predicted octanol–water partition coefficient (Wildman–Crippen LogP) is 4.13. The first-order valence-electron chi connectivity index (χ1n) is 8.38. The van der Waals surface area contributed by atoms with Crippen molar-refractivity contribution in [2.24, 2.45) is 5.92 Å². The number of hydrogen-bond donors (Lipinski definition) is 1. The second kappa shape index (κ2) is 7.81. The third-order valence-corrected chi connectivity index (χ3v) is 4.98. The maximum Gasteiger partial charge on any atom is 0.336 e. The molecule has 0 unspecified atom stereocenters. The van der Waals surface area contributed by atoms with Crippen LogP contribution in [0.15, 0.2) is 48.5 Å². The zero-order chi connectivity index (χ0) is 17.8. The number of halogens is 1. The first-order chi connectivity index (χ1) is 12.0. The van der Waals surface area contributed by atoms with Crippen LogP contribution in [-0.2, 0) is 6.54 Å². The summed E-state index contributed by atoms with van der Waals surface area (Å²) in [5, 5.41) is 9.91. The van der Waals surface area contributed by atoms with Gasteiger partial charge in [-0.3, -0.25) is 9.69 Å². The molecule has 1 saturated heterocycles. The van der Waals surface area contributed by atoms with Gasteiger partial charge in [0.05, 0.1) is 5.56 Å². The Balaban J connectivity index is 1.60. The fraction of sp³-hybridized carbons (Fsp3) is 0.300. The molecule has 5 heteroatoms. The van der Waals surface area contributed by atoms with E-state index in [0.717, 1.165) is 31.5 Å². The van der Waals surface area contributed by atoms with Crippen LogP contribution in [0.4, 0.5) is 0 Å². The summed E-state index contributed by atoms with van der Waals surface area (Å²) in [4.78, 5) is 26.1. The van der Waals surface area contributed by atoms with E-state index in [2.05, 4.69) is 4.90 Å². The molecule has 0 aliphatic carbocycles. The Morgan fingerprint density at radius 1 is 1.04 bits per heavy atom. The summed E-state index contributed by atoms with van der Waals surface area (Å²) in [5.74, 6) is -0.710. The molecular weight excluding hydrogens is 338 g/mol. The van der Waals surface area contributed by atoms with Gasteiger partial charge in [0.2, 0.25) is 0 Å². The number of piperidine rings is 1. The number of hydrogen-bond acceptors (Lipinski definition) is 3. The highest BCUT2D eigenvalue weighted by molar-refractivity contribution is 6.30. The van der Waals surface area contributed by atoms with Crippen LogP contribution in [0.2, 0.25) is 5.02 Å². The van der Waals surface area contributed by atoms with Gasteiger partial charge in [0.1, 0.15) is 0 Å². The van der Waals surface area contributed by atoms with Crippen LogP contribution < -0.4 is 0 Å². The molecule has 0 radical (unpaired) electrons. The van der Waals surface area contributed by atoms with Crippen molar-refractivity contribution in [3.05, 3.63) is 70.2 Å². The van der Waals surface area contributed by atoms with Gasteiger partial charge in [-0.2, -0.15) is 0 Å². The molecule has 0 spiro atoms. The number of carbonyl (C=O) groups excluding carboxylic acids is 1. The summed E-state index contributed by atoms with van der Waals surface area (Å²) in [5.41, 5.74) is 1.87. The summed E-state index contributed by atoms with van der Waals surface area (Å²) in [7, 11) is 0. The molecule has 1 aliphatic rings. The lowest BCUT2D eigenvalue weighted by Crippen LogP contribution is -2.36. The van der Waals surface area contributed by atoms with Gasteiger partial charge in [-0.05, 0) is 61.8 Å². The number of Topliss-reactive ketones (excluding diaryl/α,β-unsaturated/α-hetero) is 1. The SMILES string of the molecule is O=C(O)c1ccccc1CN1CCC(C(=O)c2ccc(Cl)cc2)CC1. The Morgan fingerprint density at radius 3 is 2.32 bits per heavy atom. The zero-order valence-corrected chi connectivity index (χ0v) is 14.6. The second-order valence-electron chi connectivity index (χ2n) is 6.38. The summed E-state index contributed by atoms with van der Waals surface area (Å²) < 4.78 is 0. The van der Waals surface area contributed by atoms with Crippen molar-refractivity contribution >= 4 is 23.4 Å². The molecule has 2 aromatic carbocycles. The Kier molecular flexibility index (Phi) is 5.51. The van der Waals surface area contributed by atoms with Gasteiger partial charge in [0.25, 0.3) is 0 Å². The maximum absolute atomic E-state index is 12.6. The highest BCUT2D eigenvalue weighted by Gasteiger charge is 2.26. The molecule has 0 saturated carbocycles. The van der Waals surface area contributed by atoms with Gasteiger partial charge in [-0.15, -0.1) is 0 Å². The van der Waals surface area contributed by atoms with Gasteiger partial charge in [0, 0.05) is 23.0 Å². The molecule has 0 amide bonds. The van der Waals surface area contributed by atoms with Crippen molar-refractivity contribution in [3.63, 3.8) is 0 Å². The van der Waals surface area contributed by atoms with Gasteiger partial charge < -0.3 is 5.11 Å². The summed E-state index contributed by atoms with van der Waals surface area (Å²) in [6.45, 7) is 2.18. The van der Waals surface area contributed by atoms with E-state index in [1.165, 1.54) is 0 Å². The summed E-state index contributed by atoms with van der Waals surface area (Å²) >= 11 is 5.87. The van der Waals surface area contributed by atoms with Crippen molar-refractivity contribution < 1.29 is 14.7 Å². The number of carboxylic acid groups (broad SMARTS) is 1. The number of nitrogens with zero attached hydrogens (tertiary/aromatic N) is 1. The lowest BCUT2D eigenvalue weighted by molar-refractivity contribution is 0.0694. The Labute approximate surface area is 152 Å². The van der Waals surface area contributed by atoms with E-state index in [4.69, 9.17) is 11.6 Å². The van der Waals surface area contributed by atoms with E-state index in [-0.39, 0.29) is 11.7 Å². The van der Waals surface area contributed by atoms with Crippen molar-refractivity contribution in [2.45, 2.75) is 19.4 Å². The molecule has 1 N–H and O–H groups in total. The zero-order valence-electron chi connectivity index (χ0n) is 13.8. The minimum atomic E-state index is -0.900. The second-order valence-corrected chi connectivity index (χ2v) is 6.82. The van der Waals surface area contributed by atoms with Gasteiger partial charge in [-0.25, -0.2) is 4.79 Å². The van der Waals surface area contributed by atoms with Crippen LogP contribution >= 0.6 is 11.6 Å². The minimum Gasteiger partial charge on any atom is -0.478 e. The first kappa shape index (κ1) is 17.6. The molecule has 25 heavy (non-hydrogen) atoms. The average molecular weight is 358 g/mol. The normalized spacial score (nSPS) is 15.9. The molecule has 130 valence electrons. The summed E-state index contributed by atoms with van der Waals surface area (Å²) in [6.07, 6.45) is 1.58. The van der Waals surface area contributed by atoms with E-state index in [9.17, 15) is 14.7 Å². The average Bonchev–Trinajstić information content (AvgIpc) is 2.63. The van der Waals surface area contributed by atoms with E-state index in [0.29, 0.717) is 22.7 Å². The van der Waals surface area contributed by atoms with Crippen molar-refractivity contribution in [3.8, 4) is 0 Å². The molecule has 4 nitrogen and oxygen atoms in total. The van der Waals surface area contributed by atoms with Crippen LogP contribution in [0.5, 0.6) is 0 Å². The highest BCUT2D eigenvalue weighted by atomic mass is 35.5. The molecule has 1 aliphatic heterocycles. The lowest BCUT2D eigenvalue weighted by Gasteiger charge is -2.31. The molecule has 0 aromatic heterocycles. The third-order valence-electron chi connectivity index (χ3n) is 4.73. The van der Waals surface area contributed by atoms with Gasteiger partial charge >= 0.3 is 5.97 Å². The molecule has 2 aromatic rings. The van der Waals surface area contributed by atoms with Crippen molar-refractivity contribution in [2.75, 3.05) is 13.1 Å². The van der Waals surface area contributed by atoms with E-state index < -0.39 is 5.97 Å². The summed E-state index contributed by atoms with van der Waals surface area (Å²) in [6, 6.07) is 14.1. The number of aromatic carboxylic acids is 1. The fourth-order valence-corrected chi connectivity index (χ4v) is 3.44. The van der Waals surface area contributed by atoms with Crippen LogP contribution in [0.25, 0.3) is 0 Å². The number of likely N-dealkylation sites (tertiary alicyclic amines) is 1. The van der Waals surface area contributed by atoms with Crippen LogP contribution in [0, 0.1) is 5.92 Å². The number of rotatable bonds is 5. The molecule has 3 rings (SSSR count). The molecular formula is C20H20ClNO3. The van der Waals surface area contributed by atoms with Crippen LogP contribution in [0.1, 0.15) is 39.1 Å². The topological polar surface area (TPSA) is 57.6 Å². The Bertz CT molecular complexity index is 765. The van der Waals surface area contributed by atoms with Crippen LogP contribution in [-0.4, -0.2) is 34.8 Å². The van der Waals surface area contributed by atoms with Crippen LogP contribution in [0.3, 0.4) is 0 Å². The number of carboxylic acids is 1. The van der Waals surface area contributed by atoms with Crippen molar-refractivity contribution in [1.29, 1.82) is 0 Å². The lowest BCUT2D eigenvalue weighted by atomic mass is 9.88. The maximum atomic E-state index is 12.6. The third kappa shape index (κ3) is 4.27. The minimum absolute atomic E-state index is 0.0205. The first-order valence-corrected chi connectivity index (χ1v) is 8.75. The Morgan fingerprint density at radius 2 is 1.68 bits per heavy atom. The standard InChI is InChI=1S/C20H20ClNO3/c21-17-7-5-14(6-8-17)19(23)15-9-11-22(12-10-15)13-16-3-1-2-4-18(16)20(24)25/h1-8,15H,9-13H2,(H,24,25). The van der Waals surface area contributed by atoms with Crippen molar-refractivity contribution in [1.82, 2.24) is 4.90 Å². The highest BCUT2D eigenvalue weighted by Crippen LogP contribution is 2.24. The Hall–Kier alpha value is -2.17. The molecule has 1 heterocycles. The molecule has 1 fully saturated rings. The van der Waals surface area contributed by atoms with E-state index in [1.54, 1.807) is 36.4 Å². The van der Waals surface area contributed by atoms with Gasteiger partial charge in [-0.1, -0.05) is 29.8 Å². The number of ketones is 1. The quantitative estimate of drug-likeness (QED) is 0.817. The monoisotopic (exact) mass is 357 g/mol. The van der Waals surface area contributed by atoms with E-state index in [1.807, 2.05) is 12.1 Å². The largest absolute Gasteiger partial charge is 0.478 e. The fourth-order valence-electron chi connectivity index (χ4n) is 3.31.